The molecule has 3 aromatic rings. The SMILES string of the molecule is Cc1ccc(C(=O)N(Cc2cocn2)Cc2cocn2)n1C(F)F. The maximum absolute atomic E-state index is 13.2. The highest BCUT2D eigenvalue weighted by atomic mass is 19.3. The van der Waals surface area contributed by atoms with E-state index in [4.69, 9.17) is 8.83 Å². The van der Waals surface area contributed by atoms with E-state index >= 15 is 0 Å². The first-order valence-corrected chi connectivity index (χ1v) is 7.05. The van der Waals surface area contributed by atoms with Crippen molar-refractivity contribution in [2.75, 3.05) is 0 Å². The minimum atomic E-state index is -2.81. The molecule has 0 saturated carbocycles. The highest BCUT2D eigenvalue weighted by Gasteiger charge is 2.25. The standard InChI is InChI=1S/C15H14F2N4O3/c1-10-2-3-13(21(10)15(16)17)14(22)20(4-11-6-23-8-18-11)5-12-7-24-9-19-12/h2-3,6-9,15H,4-5H2,1H3. The summed E-state index contributed by atoms with van der Waals surface area (Å²) in [6.45, 7) is -1.10. The first-order valence-electron chi connectivity index (χ1n) is 7.05. The summed E-state index contributed by atoms with van der Waals surface area (Å²) in [5, 5.41) is 0. The lowest BCUT2D eigenvalue weighted by molar-refractivity contribution is 0.0537. The van der Waals surface area contributed by atoms with Crippen LogP contribution in [0.15, 0.2) is 46.3 Å². The second kappa shape index (κ2) is 6.65. The molecule has 0 saturated heterocycles. The first kappa shape index (κ1) is 15.9. The summed E-state index contributed by atoms with van der Waals surface area (Å²) >= 11 is 0. The summed E-state index contributed by atoms with van der Waals surface area (Å²) in [7, 11) is 0. The fourth-order valence-electron chi connectivity index (χ4n) is 2.37. The van der Waals surface area contributed by atoms with Gasteiger partial charge in [0.25, 0.3) is 5.91 Å². The van der Waals surface area contributed by atoms with E-state index in [1.54, 1.807) is 0 Å². The molecular formula is C15H14F2N4O3. The number of hydrogen-bond acceptors (Lipinski definition) is 5. The van der Waals surface area contributed by atoms with Gasteiger partial charge in [-0.15, -0.1) is 0 Å². The van der Waals surface area contributed by atoms with Gasteiger partial charge in [-0.2, -0.15) is 8.78 Å². The lowest BCUT2D eigenvalue weighted by Gasteiger charge is -2.21. The van der Waals surface area contributed by atoms with Crippen molar-refractivity contribution in [3.05, 3.63) is 60.2 Å². The Labute approximate surface area is 135 Å². The Morgan fingerprint density at radius 2 is 1.75 bits per heavy atom. The largest absolute Gasteiger partial charge is 0.451 e. The molecule has 0 aliphatic rings. The van der Waals surface area contributed by atoms with Crippen LogP contribution in [0.4, 0.5) is 8.78 Å². The molecule has 0 radical (unpaired) electrons. The Kier molecular flexibility index (Phi) is 4.41. The fourth-order valence-corrected chi connectivity index (χ4v) is 2.37. The van der Waals surface area contributed by atoms with Gasteiger partial charge in [-0.25, -0.2) is 9.97 Å². The summed E-state index contributed by atoms with van der Waals surface area (Å²) in [6.07, 6.45) is 5.25. The Bertz CT molecular complexity index is 761. The molecule has 0 N–H and O–H groups in total. The third-order valence-corrected chi connectivity index (χ3v) is 3.50. The van der Waals surface area contributed by atoms with Gasteiger partial charge in [0.15, 0.2) is 12.8 Å². The predicted molar refractivity (Wildman–Crippen MR) is 77.0 cm³/mol. The summed E-state index contributed by atoms with van der Waals surface area (Å²) in [4.78, 5) is 22.1. The van der Waals surface area contributed by atoms with Crippen LogP contribution in [-0.4, -0.2) is 25.3 Å². The third-order valence-electron chi connectivity index (χ3n) is 3.50. The van der Waals surface area contributed by atoms with Crippen LogP contribution >= 0.6 is 0 Å². The highest BCUT2D eigenvalue weighted by Crippen LogP contribution is 2.21. The normalized spacial score (nSPS) is 11.2. The van der Waals surface area contributed by atoms with Gasteiger partial charge < -0.3 is 13.7 Å². The number of oxazole rings is 2. The van der Waals surface area contributed by atoms with Crippen LogP contribution in [0, 0.1) is 6.92 Å². The van der Waals surface area contributed by atoms with E-state index in [2.05, 4.69) is 9.97 Å². The van der Waals surface area contributed by atoms with Crippen LogP contribution in [0.2, 0.25) is 0 Å². The zero-order chi connectivity index (χ0) is 17.1. The molecule has 0 bridgehead atoms. The zero-order valence-electron chi connectivity index (χ0n) is 12.7. The van der Waals surface area contributed by atoms with Crippen molar-refractivity contribution in [2.24, 2.45) is 0 Å². The molecule has 0 aromatic carbocycles. The van der Waals surface area contributed by atoms with E-state index in [-0.39, 0.29) is 18.8 Å². The predicted octanol–water partition coefficient (Wildman–Crippen LogP) is 3.01. The number of rotatable bonds is 6. The minimum absolute atomic E-state index is 0.0929. The summed E-state index contributed by atoms with van der Waals surface area (Å²) in [6, 6.07) is 2.85. The van der Waals surface area contributed by atoms with Crippen molar-refractivity contribution in [1.29, 1.82) is 0 Å². The van der Waals surface area contributed by atoms with Crippen LogP contribution < -0.4 is 0 Å². The van der Waals surface area contributed by atoms with Gasteiger partial charge in [-0.05, 0) is 19.1 Å². The molecule has 7 nitrogen and oxygen atoms in total. The Balaban J connectivity index is 1.90. The Morgan fingerprint density at radius 3 is 2.21 bits per heavy atom. The molecule has 1 amide bonds. The molecule has 0 spiro atoms. The number of nitrogens with zero attached hydrogens (tertiary/aromatic N) is 4. The molecule has 0 aliphatic heterocycles. The molecule has 24 heavy (non-hydrogen) atoms. The average molecular weight is 336 g/mol. The van der Waals surface area contributed by atoms with Crippen molar-refractivity contribution in [2.45, 2.75) is 26.6 Å². The molecule has 126 valence electrons. The third kappa shape index (κ3) is 3.19. The molecule has 3 rings (SSSR count). The summed E-state index contributed by atoms with van der Waals surface area (Å²) in [5.41, 5.74) is 1.20. The van der Waals surface area contributed by atoms with E-state index in [0.717, 1.165) is 0 Å². The number of amides is 1. The number of alkyl halides is 2. The monoisotopic (exact) mass is 336 g/mol. The van der Waals surface area contributed by atoms with Crippen molar-refractivity contribution in [3.63, 3.8) is 0 Å². The molecule has 0 fully saturated rings. The number of carbonyl (C=O) groups is 1. The van der Waals surface area contributed by atoms with Crippen LogP contribution in [0.5, 0.6) is 0 Å². The van der Waals surface area contributed by atoms with Crippen molar-refractivity contribution in [1.82, 2.24) is 19.4 Å². The van der Waals surface area contributed by atoms with Crippen molar-refractivity contribution in [3.8, 4) is 0 Å². The van der Waals surface area contributed by atoms with E-state index < -0.39 is 12.5 Å². The molecule has 9 heteroatoms. The molecule has 3 heterocycles. The lowest BCUT2D eigenvalue weighted by Crippen LogP contribution is -2.32. The van der Waals surface area contributed by atoms with E-state index in [9.17, 15) is 13.6 Å². The van der Waals surface area contributed by atoms with E-state index in [0.29, 0.717) is 21.6 Å². The van der Waals surface area contributed by atoms with Crippen LogP contribution in [0.25, 0.3) is 0 Å². The van der Waals surface area contributed by atoms with Crippen LogP contribution in [-0.2, 0) is 13.1 Å². The van der Waals surface area contributed by atoms with E-state index in [1.165, 1.54) is 49.3 Å². The van der Waals surface area contributed by atoms with Crippen LogP contribution in [0.3, 0.4) is 0 Å². The number of carbonyl (C=O) groups excluding carboxylic acids is 1. The number of aromatic nitrogens is 3. The van der Waals surface area contributed by atoms with Gasteiger partial charge >= 0.3 is 6.55 Å². The smallest absolute Gasteiger partial charge is 0.319 e. The Morgan fingerprint density at radius 1 is 1.17 bits per heavy atom. The van der Waals surface area contributed by atoms with Gasteiger partial charge in [0.2, 0.25) is 0 Å². The van der Waals surface area contributed by atoms with Gasteiger partial charge in [-0.3, -0.25) is 9.36 Å². The molecule has 3 aromatic heterocycles. The van der Waals surface area contributed by atoms with Gasteiger partial charge in [-0.1, -0.05) is 0 Å². The second-order valence-corrected chi connectivity index (χ2v) is 5.13. The first-order chi connectivity index (χ1) is 11.6. The van der Waals surface area contributed by atoms with Crippen molar-refractivity contribution < 1.29 is 22.4 Å². The molecule has 0 atom stereocenters. The topological polar surface area (TPSA) is 77.3 Å². The quantitative estimate of drug-likeness (QED) is 0.691. The van der Waals surface area contributed by atoms with Crippen LogP contribution in [0.1, 0.15) is 34.1 Å². The lowest BCUT2D eigenvalue weighted by atomic mass is 10.3. The molecular weight excluding hydrogens is 322 g/mol. The molecule has 0 unspecified atom stereocenters. The molecule has 0 aliphatic carbocycles. The number of hydrogen-bond donors (Lipinski definition) is 0. The minimum Gasteiger partial charge on any atom is -0.451 e. The maximum Gasteiger partial charge on any atom is 0.319 e. The Hall–Kier alpha value is -2.97. The zero-order valence-corrected chi connectivity index (χ0v) is 12.7. The van der Waals surface area contributed by atoms with Gasteiger partial charge in [0.05, 0.1) is 24.5 Å². The van der Waals surface area contributed by atoms with Gasteiger partial charge in [0, 0.05) is 5.69 Å². The highest BCUT2D eigenvalue weighted by molar-refractivity contribution is 5.93. The fraction of sp³-hybridized carbons (Fsp3) is 0.267. The summed E-state index contributed by atoms with van der Waals surface area (Å²) in [5.74, 6) is -0.561. The average Bonchev–Trinajstić information content (AvgIpc) is 3.27. The van der Waals surface area contributed by atoms with Crippen molar-refractivity contribution >= 4 is 5.91 Å². The number of halogens is 2. The maximum atomic E-state index is 13.2. The van der Waals surface area contributed by atoms with E-state index in [1.807, 2.05) is 0 Å². The second-order valence-electron chi connectivity index (χ2n) is 5.13. The van der Waals surface area contributed by atoms with Gasteiger partial charge in [0.1, 0.15) is 18.2 Å². The number of aryl methyl sites for hydroxylation is 1. The summed E-state index contributed by atoms with van der Waals surface area (Å²) < 4.78 is 37.0.